The zero-order chi connectivity index (χ0) is 19.8. The number of likely N-dealkylation sites (tertiary alicyclic amines) is 1. The molecule has 2 aliphatic rings. The Morgan fingerprint density at radius 3 is 2.39 bits per heavy atom. The van der Waals surface area contributed by atoms with Gasteiger partial charge in [-0.05, 0) is 55.4 Å². The summed E-state index contributed by atoms with van der Waals surface area (Å²) in [5.41, 5.74) is 4.61. The fourth-order valence-corrected chi connectivity index (χ4v) is 4.27. The lowest BCUT2D eigenvalue weighted by Gasteiger charge is -2.33. The smallest absolute Gasteiger partial charge is 0.282 e. The molecule has 2 amide bonds. The Balaban J connectivity index is 1.85. The predicted molar refractivity (Wildman–Crippen MR) is 112 cm³/mol. The minimum atomic E-state index is -0.224. The molecule has 0 N–H and O–H groups in total. The van der Waals surface area contributed by atoms with Crippen molar-refractivity contribution in [3.8, 4) is 0 Å². The van der Waals surface area contributed by atoms with E-state index >= 15 is 0 Å². The third kappa shape index (κ3) is 3.03. The molecule has 1 atom stereocenters. The van der Waals surface area contributed by atoms with Gasteiger partial charge in [0.05, 0.1) is 11.3 Å². The van der Waals surface area contributed by atoms with Crippen molar-refractivity contribution in [2.45, 2.75) is 33.6 Å². The van der Waals surface area contributed by atoms with Crippen molar-refractivity contribution < 1.29 is 9.59 Å². The lowest BCUT2D eigenvalue weighted by molar-refractivity contribution is -0.120. The highest BCUT2D eigenvalue weighted by atomic mass is 16.2. The van der Waals surface area contributed by atoms with Crippen molar-refractivity contribution in [1.29, 1.82) is 0 Å². The number of aryl methyl sites for hydroxylation is 1. The third-order valence-corrected chi connectivity index (χ3v) is 5.91. The maximum atomic E-state index is 13.6. The van der Waals surface area contributed by atoms with Crippen molar-refractivity contribution in [2.75, 3.05) is 18.0 Å². The Labute approximate surface area is 166 Å². The van der Waals surface area contributed by atoms with Crippen LogP contribution < -0.4 is 4.90 Å². The maximum Gasteiger partial charge on any atom is 0.282 e. The summed E-state index contributed by atoms with van der Waals surface area (Å²) in [6, 6.07) is 15.4. The quantitative estimate of drug-likeness (QED) is 0.751. The first-order valence-electron chi connectivity index (χ1n) is 9.98. The normalized spacial score (nSPS) is 20.3. The van der Waals surface area contributed by atoms with Gasteiger partial charge in [0, 0.05) is 13.1 Å². The molecular weight excluding hydrogens is 348 g/mol. The summed E-state index contributed by atoms with van der Waals surface area (Å²) >= 11 is 0. The number of rotatable bonds is 3. The first-order chi connectivity index (χ1) is 13.5. The number of nitrogens with zero attached hydrogens (tertiary/aromatic N) is 2. The highest BCUT2D eigenvalue weighted by Gasteiger charge is 2.43. The first kappa shape index (κ1) is 18.5. The Bertz CT molecular complexity index is 962. The van der Waals surface area contributed by atoms with Crippen LogP contribution >= 0.6 is 0 Å². The molecule has 144 valence electrons. The van der Waals surface area contributed by atoms with E-state index in [2.05, 4.69) is 11.8 Å². The lowest BCUT2D eigenvalue weighted by atomic mass is 9.98. The van der Waals surface area contributed by atoms with Gasteiger partial charge in [0.25, 0.3) is 11.8 Å². The van der Waals surface area contributed by atoms with E-state index in [1.807, 2.05) is 62.4 Å². The summed E-state index contributed by atoms with van der Waals surface area (Å²) in [6.07, 6.45) is 2.20. The van der Waals surface area contributed by atoms with E-state index in [4.69, 9.17) is 0 Å². The van der Waals surface area contributed by atoms with Gasteiger partial charge in [0.2, 0.25) is 0 Å². The molecule has 1 fully saturated rings. The van der Waals surface area contributed by atoms with Crippen LogP contribution in [0.15, 0.2) is 54.2 Å². The average molecular weight is 374 g/mol. The fourth-order valence-electron chi connectivity index (χ4n) is 4.27. The molecular formula is C24H26N2O2. The number of carbonyl (C=O) groups excluding carboxylic acids is 2. The van der Waals surface area contributed by atoms with Crippen molar-refractivity contribution in [2.24, 2.45) is 5.92 Å². The standard InChI is InChI=1S/C24H26N2O2/c1-16-9-8-14-25(15-16)22-21(19-11-5-4-6-12-19)23(27)26(24(22)28)20-13-7-10-17(2)18(20)3/h4-7,10-13,16H,8-9,14-15H2,1-3H3. The largest absolute Gasteiger partial charge is 0.366 e. The van der Waals surface area contributed by atoms with Gasteiger partial charge in [-0.1, -0.05) is 49.4 Å². The molecule has 1 saturated heterocycles. The Morgan fingerprint density at radius 1 is 0.929 bits per heavy atom. The first-order valence-corrected chi connectivity index (χ1v) is 9.98. The lowest BCUT2D eigenvalue weighted by Crippen LogP contribution is -2.39. The zero-order valence-corrected chi connectivity index (χ0v) is 16.7. The maximum absolute atomic E-state index is 13.6. The molecule has 28 heavy (non-hydrogen) atoms. The second-order valence-electron chi connectivity index (χ2n) is 7.95. The summed E-state index contributed by atoms with van der Waals surface area (Å²) in [5.74, 6) is 0.0840. The van der Waals surface area contributed by atoms with E-state index in [1.54, 1.807) is 0 Å². The van der Waals surface area contributed by atoms with E-state index in [1.165, 1.54) is 4.90 Å². The van der Waals surface area contributed by atoms with Gasteiger partial charge in [-0.2, -0.15) is 0 Å². The number of piperidine rings is 1. The molecule has 0 saturated carbocycles. The molecule has 2 heterocycles. The molecule has 4 heteroatoms. The van der Waals surface area contributed by atoms with Crippen molar-refractivity contribution in [3.05, 3.63) is 70.9 Å². The third-order valence-electron chi connectivity index (χ3n) is 5.91. The van der Waals surface area contributed by atoms with Crippen molar-refractivity contribution in [3.63, 3.8) is 0 Å². The van der Waals surface area contributed by atoms with Crippen LogP contribution in [0.25, 0.3) is 5.57 Å². The molecule has 2 aromatic rings. The van der Waals surface area contributed by atoms with Crippen LogP contribution in [-0.2, 0) is 9.59 Å². The van der Waals surface area contributed by atoms with Crippen LogP contribution in [0.1, 0.15) is 36.5 Å². The topological polar surface area (TPSA) is 40.6 Å². The van der Waals surface area contributed by atoms with Gasteiger partial charge in [-0.3, -0.25) is 9.59 Å². The Kier molecular flexibility index (Phi) is 4.80. The van der Waals surface area contributed by atoms with Gasteiger partial charge >= 0.3 is 0 Å². The number of benzene rings is 2. The molecule has 2 aromatic carbocycles. The van der Waals surface area contributed by atoms with Gasteiger partial charge in [-0.25, -0.2) is 4.90 Å². The average Bonchev–Trinajstić information content (AvgIpc) is 2.95. The summed E-state index contributed by atoms with van der Waals surface area (Å²) in [5, 5.41) is 0. The second kappa shape index (κ2) is 7.27. The molecule has 0 bridgehead atoms. The molecule has 4 rings (SSSR count). The van der Waals surface area contributed by atoms with E-state index in [0.29, 0.717) is 22.9 Å². The van der Waals surface area contributed by atoms with Gasteiger partial charge < -0.3 is 4.90 Å². The van der Waals surface area contributed by atoms with Crippen LogP contribution in [-0.4, -0.2) is 29.8 Å². The second-order valence-corrected chi connectivity index (χ2v) is 7.95. The van der Waals surface area contributed by atoms with Gasteiger partial charge in [-0.15, -0.1) is 0 Å². The number of anilines is 1. The summed E-state index contributed by atoms with van der Waals surface area (Å²) in [6.45, 7) is 7.80. The van der Waals surface area contributed by atoms with Crippen LogP contribution in [0, 0.1) is 19.8 Å². The van der Waals surface area contributed by atoms with Crippen LogP contribution in [0.5, 0.6) is 0 Å². The number of imide groups is 1. The van der Waals surface area contributed by atoms with Crippen molar-refractivity contribution in [1.82, 2.24) is 4.90 Å². The zero-order valence-electron chi connectivity index (χ0n) is 16.7. The minimum Gasteiger partial charge on any atom is -0.366 e. The fraction of sp³-hybridized carbons (Fsp3) is 0.333. The molecule has 0 aliphatic carbocycles. The van der Waals surface area contributed by atoms with Crippen molar-refractivity contribution >= 4 is 23.1 Å². The Hall–Kier alpha value is -2.88. The molecule has 4 nitrogen and oxygen atoms in total. The molecule has 1 unspecified atom stereocenters. The highest BCUT2D eigenvalue weighted by Crippen LogP contribution is 2.37. The SMILES string of the molecule is Cc1cccc(N2C(=O)C(c3ccccc3)=C(N3CCCC(C)C3)C2=O)c1C. The van der Waals surface area contributed by atoms with E-state index in [9.17, 15) is 9.59 Å². The molecule has 0 radical (unpaired) electrons. The highest BCUT2D eigenvalue weighted by molar-refractivity contribution is 6.45. The number of hydrogen-bond acceptors (Lipinski definition) is 3. The van der Waals surface area contributed by atoms with Crippen LogP contribution in [0.4, 0.5) is 5.69 Å². The molecule has 2 aliphatic heterocycles. The molecule has 0 spiro atoms. The van der Waals surface area contributed by atoms with Crippen LogP contribution in [0.3, 0.4) is 0 Å². The Morgan fingerprint density at radius 2 is 1.68 bits per heavy atom. The summed E-state index contributed by atoms with van der Waals surface area (Å²) in [4.78, 5) is 30.6. The predicted octanol–water partition coefficient (Wildman–Crippen LogP) is 4.32. The van der Waals surface area contributed by atoms with E-state index in [-0.39, 0.29) is 11.8 Å². The van der Waals surface area contributed by atoms with Gasteiger partial charge in [0.1, 0.15) is 5.70 Å². The number of carbonyl (C=O) groups is 2. The number of amides is 2. The van der Waals surface area contributed by atoms with E-state index in [0.717, 1.165) is 42.6 Å². The summed E-state index contributed by atoms with van der Waals surface area (Å²) in [7, 11) is 0. The summed E-state index contributed by atoms with van der Waals surface area (Å²) < 4.78 is 0. The van der Waals surface area contributed by atoms with Crippen LogP contribution in [0.2, 0.25) is 0 Å². The number of hydrogen-bond donors (Lipinski definition) is 0. The monoisotopic (exact) mass is 374 g/mol. The van der Waals surface area contributed by atoms with E-state index < -0.39 is 0 Å². The minimum absolute atomic E-state index is 0.202. The van der Waals surface area contributed by atoms with Gasteiger partial charge in [0.15, 0.2) is 0 Å². The molecule has 0 aromatic heterocycles.